The normalized spacial score (nSPS) is 12.6. The number of aliphatic hydroxyl groups excluding tert-OH is 2. The number of nitrogens with one attached hydrogen (secondary N) is 1. The highest BCUT2D eigenvalue weighted by Crippen LogP contribution is 2.19. The first kappa shape index (κ1) is 76.3. The second-order valence-corrected chi connectivity index (χ2v) is 24.6. The van der Waals surface area contributed by atoms with Crippen molar-refractivity contribution in [2.24, 2.45) is 0 Å². The maximum atomic E-state index is 12.5. The van der Waals surface area contributed by atoms with Crippen molar-refractivity contribution in [3.63, 3.8) is 0 Å². The van der Waals surface area contributed by atoms with Gasteiger partial charge >= 0.3 is 5.97 Å². The van der Waals surface area contributed by atoms with Gasteiger partial charge in [0.25, 0.3) is 0 Å². The van der Waals surface area contributed by atoms with E-state index in [1.54, 1.807) is 6.08 Å². The summed E-state index contributed by atoms with van der Waals surface area (Å²) in [5.41, 5.74) is 0. The summed E-state index contributed by atoms with van der Waals surface area (Å²) in [6, 6.07) is -0.634. The molecule has 0 fully saturated rings. The number of carbonyl (C=O) groups excluding carboxylic acids is 2. The Bertz CT molecular complexity index is 1220. The maximum Gasteiger partial charge on any atom is 0.305 e. The Morgan fingerprint density at radius 1 is 0.346 bits per heavy atom. The quantitative estimate of drug-likeness (QED) is 0.0320. The summed E-state index contributed by atoms with van der Waals surface area (Å²) in [6.07, 6.45) is 85.4. The van der Waals surface area contributed by atoms with Crippen molar-refractivity contribution in [1.82, 2.24) is 5.32 Å². The zero-order valence-corrected chi connectivity index (χ0v) is 52.9. The van der Waals surface area contributed by atoms with Crippen molar-refractivity contribution >= 4 is 11.9 Å². The van der Waals surface area contributed by atoms with E-state index in [9.17, 15) is 19.8 Å². The van der Waals surface area contributed by atoms with E-state index >= 15 is 0 Å². The lowest BCUT2D eigenvalue weighted by Crippen LogP contribution is -2.45. The summed E-state index contributed by atoms with van der Waals surface area (Å²) in [7, 11) is 0. The van der Waals surface area contributed by atoms with Gasteiger partial charge in [-0.05, 0) is 57.8 Å². The van der Waals surface area contributed by atoms with E-state index in [4.69, 9.17) is 4.74 Å². The Morgan fingerprint density at radius 2 is 0.603 bits per heavy atom. The average Bonchev–Trinajstić information content (AvgIpc) is 3.44. The van der Waals surface area contributed by atoms with E-state index in [1.807, 2.05) is 6.08 Å². The predicted molar refractivity (Wildman–Crippen MR) is 343 cm³/mol. The van der Waals surface area contributed by atoms with E-state index in [2.05, 4.69) is 31.3 Å². The number of esters is 1. The molecule has 78 heavy (non-hydrogen) atoms. The number of carbonyl (C=O) groups is 2. The Hall–Kier alpha value is -1.66. The van der Waals surface area contributed by atoms with Crippen LogP contribution >= 0.6 is 0 Å². The molecule has 462 valence electrons. The van der Waals surface area contributed by atoms with E-state index in [-0.39, 0.29) is 18.5 Å². The van der Waals surface area contributed by atoms with Crippen LogP contribution in [-0.2, 0) is 14.3 Å². The third-order valence-corrected chi connectivity index (χ3v) is 16.7. The van der Waals surface area contributed by atoms with Crippen molar-refractivity contribution in [2.75, 3.05) is 13.2 Å². The first-order valence-corrected chi connectivity index (χ1v) is 35.6. The van der Waals surface area contributed by atoms with E-state index in [1.165, 1.54) is 327 Å². The van der Waals surface area contributed by atoms with Gasteiger partial charge in [-0.15, -0.1) is 0 Å². The van der Waals surface area contributed by atoms with E-state index in [0.717, 1.165) is 44.9 Å². The molecule has 0 rings (SSSR count). The molecule has 0 radical (unpaired) electrons. The standard InChI is InChI=1S/C72H139NO5/c1-3-5-7-9-11-13-15-17-19-20-21-22-23-24-27-30-33-37-40-44-48-52-56-60-64-70(75)69(68-74)73-71(76)65-61-57-53-49-45-41-38-34-31-28-25-26-29-32-35-39-43-47-51-55-59-63-67-78-72(77)66-62-58-54-50-46-42-36-18-16-14-12-10-8-6-4-2/h28,31,60,64,69-70,74-75H,3-27,29-30,32-59,61-63,65-68H2,1-2H3,(H,73,76)/b31-28-,64-60+. The number of hydrogen-bond acceptors (Lipinski definition) is 5. The third-order valence-electron chi connectivity index (χ3n) is 16.7. The number of allylic oxidation sites excluding steroid dienone is 3. The molecule has 6 nitrogen and oxygen atoms in total. The molecular weight excluding hydrogens is 959 g/mol. The molecule has 0 aliphatic heterocycles. The predicted octanol–water partition coefficient (Wildman–Crippen LogP) is 22.9. The minimum Gasteiger partial charge on any atom is -0.466 e. The van der Waals surface area contributed by atoms with Crippen LogP contribution in [0.15, 0.2) is 24.3 Å². The topological polar surface area (TPSA) is 95.9 Å². The zero-order chi connectivity index (χ0) is 56.4. The van der Waals surface area contributed by atoms with Crippen molar-refractivity contribution in [3.05, 3.63) is 24.3 Å². The molecule has 2 unspecified atom stereocenters. The van der Waals surface area contributed by atoms with Crippen LogP contribution in [0, 0.1) is 0 Å². The highest BCUT2D eigenvalue weighted by Gasteiger charge is 2.18. The molecule has 0 aromatic carbocycles. The summed E-state index contributed by atoms with van der Waals surface area (Å²) in [4.78, 5) is 24.6. The molecule has 0 saturated heterocycles. The van der Waals surface area contributed by atoms with Gasteiger partial charge in [-0.2, -0.15) is 0 Å². The maximum absolute atomic E-state index is 12.5. The first-order chi connectivity index (χ1) is 38.5. The number of amides is 1. The van der Waals surface area contributed by atoms with Gasteiger partial charge in [0, 0.05) is 12.8 Å². The van der Waals surface area contributed by atoms with Gasteiger partial charge in [-0.1, -0.05) is 353 Å². The number of unbranched alkanes of at least 4 members (excludes halogenated alkanes) is 54. The molecule has 1 amide bonds. The number of hydrogen-bond donors (Lipinski definition) is 3. The fraction of sp³-hybridized carbons (Fsp3) is 0.917. The number of aliphatic hydroxyl groups is 2. The van der Waals surface area contributed by atoms with Gasteiger partial charge in [-0.25, -0.2) is 0 Å². The minimum absolute atomic E-state index is 0.0132. The monoisotopic (exact) mass is 1100 g/mol. The molecule has 0 saturated carbocycles. The second kappa shape index (κ2) is 67.8. The Morgan fingerprint density at radius 3 is 0.910 bits per heavy atom. The van der Waals surface area contributed by atoms with Crippen molar-refractivity contribution < 1.29 is 24.5 Å². The molecule has 0 aromatic rings. The van der Waals surface area contributed by atoms with Crippen LogP contribution in [0.3, 0.4) is 0 Å². The summed E-state index contributed by atoms with van der Waals surface area (Å²) in [5, 5.41) is 23.3. The van der Waals surface area contributed by atoms with Crippen molar-refractivity contribution in [1.29, 1.82) is 0 Å². The lowest BCUT2D eigenvalue weighted by atomic mass is 10.0. The van der Waals surface area contributed by atoms with Crippen molar-refractivity contribution in [3.8, 4) is 0 Å². The van der Waals surface area contributed by atoms with Crippen LogP contribution in [0.25, 0.3) is 0 Å². The molecule has 6 heteroatoms. The highest BCUT2D eigenvalue weighted by molar-refractivity contribution is 5.76. The first-order valence-electron chi connectivity index (χ1n) is 35.6. The third kappa shape index (κ3) is 63.5. The minimum atomic E-state index is -0.850. The van der Waals surface area contributed by atoms with Crippen molar-refractivity contribution in [2.45, 2.75) is 411 Å². The molecule has 0 aliphatic carbocycles. The Balaban J connectivity index is 3.43. The largest absolute Gasteiger partial charge is 0.466 e. The van der Waals surface area contributed by atoms with Crippen LogP contribution in [-0.4, -0.2) is 47.4 Å². The molecule has 0 heterocycles. The molecule has 0 spiro atoms. The van der Waals surface area contributed by atoms with Crippen LogP contribution < -0.4 is 5.32 Å². The van der Waals surface area contributed by atoms with E-state index in [0.29, 0.717) is 19.4 Å². The van der Waals surface area contributed by atoms with Crippen LogP contribution in [0.5, 0.6) is 0 Å². The second-order valence-electron chi connectivity index (χ2n) is 24.6. The van der Waals surface area contributed by atoms with Gasteiger partial charge in [0.15, 0.2) is 0 Å². The Kier molecular flexibility index (Phi) is 66.4. The molecule has 0 aliphatic rings. The lowest BCUT2D eigenvalue weighted by molar-refractivity contribution is -0.143. The zero-order valence-electron chi connectivity index (χ0n) is 52.9. The SMILES string of the molecule is CCCCCCCCCCCCCCCCCCCCCCCC/C=C/C(O)C(CO)NC(=O)CCCCCCCCC/C=C\CCCCCCCCCCCCCOC(=O)CCCCCCCCCCCCCCCCC. The van der Waals surface area contributed by atoms with Crippen LogP contribution in [0.2, 0.25) is 0 Å². The summed E-state index contributed by atoms with van der Waals surface area (Å²) in [6.45, 7) is 4.94. The molecule has 0 aromatic heterocycles. The van der Waals surface area contributed by atoms with Crippen LogP contribution in [0.1, 0.15) is 399 Å². The molecule has 3 N–H and O–H groups in total. The summed E-state index contributed by atoms with van der Waals surface area (Å²) < 4.78 is 5.49. The Labute approximate surface area is 488 Å². The summed E-state index contributed by atoms with van der Waals surface area (Å²) >= 11 is 0. The molecular formula is C72H139NO5. The highest BCUT2D eigenvalue weighted by atomic mass is 16.5. The fourth-order valence-electron chi connectivity index (χ4n) is 11.3. The van der Waals surface area contributed by atoms with Gasteiger partial charge in [0.2, 0.25) is 5.91 Å². The number of rotatable bonds is 67. The van der Waals surface area contributed by atoms with Gasteiger partial charge in [-0.3, -0.25) is 9.59 Å². The lowest BCUT2D eigenvalue weighted by Gasteiger charge is -2.20. The number of ether oxygens (including phenoxy) is 1. The van der Waals surface area contributed by atoms with E-state index < -0.39 is 12.1 Å². The van der Waals surface area contributed by atoms with Crippen LogP contribution in [0.4, 0.5) is 0 Å². The summed E-state index contributed by atoms with van der Waals surface area (Å²) in [5.74, 6) is -0.0573. The molecule has 0 bridgehead atoms. The van der Waals surface area contributed by atoms with Gasteiger partial charge < -0.3 is 20.3 Å². The molecule has 2 atom stereocenters. The van der Waals surface area contributed by atoms with Gasteiger partial charge in [0.05, 0.1) is 25.4 Å². The van der Waals surface area contributed by atoms with Gasteiger partial charge in [0.1, 0.15) is 0 Å². The smallest absolute Gasteiger partial charge is 0.305 e. The average molecular weight is 1100 g/mol. The fourth-order valence-corrected chi connectivity index (χ4v) is 11.3.